The molecule has 1 aliphatic carbocycles. The Hall–Kier alpha value is -1.10. The minimum absolute atomic E-state index is 0.00814. The zero-order chi connectivity index (χ0) is 14.3. The monoisotopic (exact) mass is 270 g/mol. The van der Waals surface area contributed by atoms with E-state index < -0.39 is 5.60 Å². The summed E-state index contributed by atoms with van der Waals surface area (Å²) < 4.78 is 0. The second-order valence-corrected chi connectivity index (χ2v) is 5.76. The van der Waals surface area contributed by atoms with Crippen molar-refractivity contribution in [1.82, 2.24) is 10.6 Å². The molecule has 1 rings (SSSR count). The van der Waals surface area contributed by atoms with Gasteiger partial charge in [0.05, 0.1) is 12.0 Å². The van der Waals surface area contributed by atoms with Gasteiger partial charge >= 0.3 is 0 Å². The van der Waals surface area contributed by atoms with Gasteiger partial charge in [-0.1, -0.05) is 26.7 Å². The molecule has 3 N–H and O–H groups in total. The lowest BCUT2D eigenvalue weighted by atomic mass is 9.98. The average Bonchev–Trinajstić information content (AvgIpc) is 2.74. The normalized spacial score (nSPS) is 17.5. The smallest absolute Gasteiger partial charge is 0.222 e. The van der Waals surface area contributed by atoms with Crippen LogP contribution >= 0.6 is 0 Å². The molecule has 19 heavy (non-hydrogen) atoms. The summed E-state index contributed by atoms with van der Waals surface area (Å²) in [4.78, 5) is 22.9. The van der Waals surface area contributed by atoms with Gasteiger partial charge in [0.25, 0.3) is 0 Å². The van der Waals surface area contributed by atoms with Crippen LogP contribution in [-0.4, -0.2) is 35.6 Å². The summed E-state index contributed by atoms with van der Waals surface area (Å²) >= 11 is 0. The third kappa shape index (κ3) is 6.05. The fourth-order valence-electron chi connectivity index (χ4n) is 2.30. The summed E-state index contributed by atoms with van der Waals surface area (Å²) in [7, 11) is 0. The standard InChI is InChI=1S/C14H26N2O3/c1-11(2)13(18)16-9-5-8-15-12(17)10-14(19)6-3-4-7-14/h11,19H,3-10H2,1-2H3,(H,15,17)(H,16,18). The van der Waals surface area contributed by atoms with E-state index in [1.165, 1.54) is 0 Å². The molecule has 5 nitrogen and oxygen atoms in total. The lowest BCUT2D eigenvalue weighted by Crippen LogP contribution is -2.36. The van der Waals surface area contributed by atoms with Crippen molar-refractivity contribution in [3.05, 3.63) is 0 Å². The van der Waals surface area contributed by atoms with E-state index in [0.29, 0.717) is 19.5 Å². The van der Waals surface area contributed by atoms with Crippen LogP contribution in [0, 0.1) is 5.92 Å². The summed E-state index contributed by atoms with van der Waals surface area (Å²) in [5, 5.41) is 15.7. The molecule has 0 aromatic rings. The van der Waals surface area contributed by atoms with E-state index in [0.717, 1.165) is 25.7 Å². The fourth-order valence-corrected chi connectivity index (χ4v) is 2.30. The van der Waals surface area contributed by atoms with Crippen LogP contribution in [0.15, 0.2) is 0 Å². The lowest BCUT2D eigenvalue weighted by molar-refractivity contribution is -0.125. The van der Waals surface area contributed by atoms with Crippen LogP contribution in [0.2, 0.25) is 0 Å². The highest BCUT2D eigenvalue weighted by atomic mass is 16.3. The maximum Gasteiger partial charge on any atom is 0.222 e. The number of hydrogen-bond donors (Lipinski definition) is 3. The molecule has 0 aliphatic heterocycles. The molecule has 0 aromatic heterocycles. The molecule has 0 saturated heterocycles. The first-order valence-corrected chi connectivity index (χ1v) is 7.20. The molecule has 0 spiro atoms. The zero-order valence-corrected chi connectivity index (χ0v) is 12.0. The summed E-state index contributed by atoms with van der Waals surface area (Å²) in [5.41, 5.74) is -0.782. The van der Waals surface area contributed by atoms with E-state index >= 15 is 0 Å². The molecule has 0 heterocycles. The van der Waals surface area contributed by atoms with Crippen LogP contribution in [0.4, 0.5) is 0 Å². The van der Waals surface area contributed by atoms with Crippen molar-refractivity contribution >= 4 is 11.8 Å². The Labute approximate surface area is 115 Å². The van der Waals surface area contributed by atoms with E-state index in [2.05, 4.69) is 10.6 Å². The first-order valence-electron chi connectivity index (χ1n) is 7.20. The molecule has 0 radical (unpaired) electrons. The highest BCUT2D eigenvalue weighted by Crippen LogP contribution is 2.32. The second kappa shape index (κ2) is 7.48. The highest BCUT2D eigenvalue weighted by Gasteiger charge is 2.33. The van der Waals surface area contributed by atoms with E-state index in [9.17, 15) is 14.7 Å². The SMILES string of the molecule is CC(C)C(=O)NCCCNC(=O)CC1(O)CCCC1. The van der Waals surface area contributed by atoms with Gasteiger partial charge in [-0.3, -0.25) is 9.59 Å². The van der Waals surface area contributed by atoms with Crippen molar-refractivity contribution in [2.24, 2.45) is 5.92 Å². The number of rotatable bonds is 7. The van der Waals surface area contributed by atoms with Gasteiger partial charge in [0, 0.05) is 19.0 Å². The number of amides is 2. The predicted octanol–water partition coefficient (Wildman–Crippen LogP) is 0.960. The Balaban J connectivity index is 2.06. The quantitative estimate of drug-likeness (QED) is 0.603. The van der Waals surface area contributed by atoms with Gasteiger partial charge in [0.15, 0.2) is 0 Å². The van der Waals surface area contributed by atoms with Crippen LogP contribution in [0.5, 0.6) is 0 Å². The third-order valence-corrected chi connectivity index (χ3v) is 3.52. The number of carbonyl (C=O) groups excluding carboxylic acids is 2. The minimum Gasteiger partial charge on any atom is -0.389 e. The maximum atomic E-state index is 11.7. The topological polar surface area (TPSA) is 78.4 Å². The first-order chi connectivity index (χ1) is 8.93. The Morgan fingerprint density at radius 3 is 2.32 bits per heavy atom. The molecule has 2 amide bonds. The second-order valence-electron chi connectivity index (χ2n) is 5.76. The Morgan fingerprint density at radius 2 is 1.74 bits per heavy atom. The Bertz CT molecular complexity index is 310. The molecular formula is C14H26N2O3. The van der Waals surface area contributed by atoms with Gasteiger partial charge in [0.1, 0.15) is 0 Å². The van der Waals surface area contributed by atoms with E-state index in [1.54, 1.807) is 0 Å². The minimum atomic E-state index is -0.782. The third-order valence-electron chi connectivity index (χ3n) is 3.52. The molecule has 0 aromatic carbocycles. The molecule has 0 unspecified atom stereocenters. The average molecular weight is 270 g/mol. The molecule has 5 heteroatoms. The summed E-state index contributed by atoms with van der Waals surface area (Å²) in [5.74, 6) is -0.0719. The van der Waals surface area contributed by atoms with Crippen LogP contribution in [0.25, 0.3) is 0 Å². The van der Waals surface area contributed by atoms with Gasteiger partial charge in [0.2, 0.25) is 11.8 Å². The molecule has 0 atom stereocenters. The Kier molecular flexibility index (Phi) is 6.28. The highest BCUT2D eigenvalue weighted by molar-refractivity contribution is 5.78. The van der Waals surface area contributed by atoms with Crippen molar-refractivity contribution in [1.29, 1.82) is 0 Å². The largest absolute Gasteiger partial charge is 0.389 e. The van der Waals surface area contributed by atoms with Crippen LogP contribution in [0.1, 0.15) is 52.4 Å². The van der Waals surface area contributed by atoms with Crippen LogP contribution < -0.4 is 10.6 Å². The molecule has 1 aliphatic rings. The van der Waals surface area contributed by atoms with Crippen molar-refractivity contribution in [3.63, 3.8) is 0 Å². The van der Waals surface area contributed by atoms with Gasteiger partial charge in [-0.25, -0.2) is 0 Å². The van der Waals surface area contributed by atoms with Gasteiger partial charge in [-0.15, -0.1) is 0 Å². The number of carbonyl (C=O) groups is 2. The molecule has 110 valence electrons. The van der Waals surface area contributed by atoms with Crippen LogP contribution in [0.3, 0.4) is 0 Å². The lowest BCUT2D eigenvalue weighted by Gasteiger charge is -2.21. The number of hydrogen-bond acceptors (Lipinski definition) is 3. The maximum absolute atomic E-state index is 11.7. The van der Waals surface area contributed by atoms with Gasteiger partial charge < -0.3 is 15.7 Å². The number of nitrogens with one attached hydrogen (secondary N) is 2. The Morgan fingerprint density at radius 1 is 1.16 bits per heavy atom. The van der Waals surface area contributed by atoms with E-state index in [-0.39, 0.29) is 24.2 Å². The molecule has 1 fully saturated rings. The van der Waals surface area contributed by atoms with Crippen molar-refractivity contribution in [3.8, 4) is 0 Å². The van der Waals surface area contributed by atoms with Crippen LogP contribution in [-0.2, 0) is 9.59 Å². The zero-order valence-electron chi connectivity index (χ0n) is 12.0. The fraction of sp³-hybridized carbons (Fsp3) is 0.857. The number of aliphatic hydroxyl groups is 1. The molecule has 0 bridgehead atoms. The van der Waals surface area contributed by atoms with E-state index in [1.807, 2.05) is 13.8 Å². The summed E-state index contributed by atoms with van der Waals surface area (Å²) in [6, 6.07) is 0. The summed E-state index contributed by atoms with van der Waals surface area (Å²) in [6.45, 7) is 4.80. The van der Waals surface area contributed by atoms with Gasteiger partial charge in [-0.05, 0) is 19.3 Å². The summed E-state index contributed by atoms with van der Waals surface area (Å²) in [6.07, 6.45) is 4.37. The predicted molar refractivity (Wildman–Crippen MR) is 73.5 cm³/mol. The molecule has 1 saturated carbocycles. The molecular weight excluding hydrogens is 244 g/mol. The van der Waals surface area contributed by atoms with Crippen molar-refractivity contribution in [2.45, 2.75) is 58.0 Å². The van der Waals surface area contributed by atoms with Gasteiger partial charge in [-0.2, -0.15) is 0 Å². The van der Waals surface area contributed by atoms with Crippen molar-refractivity contribution < 1.29 is 14.7 Å². The first kappa shape index (κ1) is 16.0. The van der Waals surface area contributed by atoms with E-state index in [4.69, 9.17) is 0 Å². The van der Waals surface area contributed by atoms with Crippen molar-refractivity contribution in [2.75, 3.05) is 13.1 Å².